The van der Waals surface area contributed by atoms with Crippen LogP contribution in [0.1, 0.15) is 88.0 Å². The van der Waals surface area contributed by atoms with E-state index in [1.807, 2.05) is 77.0 Å². The number of piperazine rings is 3. The predicted octanol–water partition coefficient (Wildman–Crippen LogP) is 9.47. The average Bonchev–Trinajstić information content (AvgIpc) is 3.75. The van der Waals surface area contributed by atoms with Gasteiger partial charge in [-0.1, -0.05) is 15.9 Å². The Bertz CT molecular complexity index is 2410. The summed E-state index contributed by atoms with van der Waals surface area (Å²) in [5.41, 5.74) is 6.95. The third-order valence-corrected chi connectivity index (χ3v) is 12.4. The molecule has 408 valence electrons. The highest BCUT2D eigenvalue weighted by molar-refractivity contribution is 9.09. The lowest BCUT2D eigenvalue weighted by Gasteiger charge is -2.37. The van der Waals surface area contributed by atoms with Gasteiger partial charge in [-0.25, -0.2) is 27.6 Å². The summed E-state index contributed by atoms with van der Waals surface area (Å²) >= 11 is 3.28. The Labute approximate surface area is 442 Å². The number of hydrogen-bond acceptors (Lipinski definition) is 12. The fraction of sp³-hybridized carbons (Fsp3) is 0.566. The number of ether oxygens (including phenoxy) is 3. The molecule has 0 bridgehead atoms. The van der Waals surface area contributed by atoms with Crippen LogP contribution in [0.5, 0.6) is 0 Å². The summed E-state index contributed by atoms with van der Waals surface area (Å²) < 4.78 is 59.1. The number of nitrogens with two attached hydrogens (primary N) is 1. The number of benzene rings is 3. The van der Waals surface area contributed by atoms with Crippen LogP contribution < -0.4 is 30.7 Å². The molecule has 74 heavy (non-hydrogen) atoms. The van der Waals surface area contributed by atoms with Gasteiger partial charge < -0.3 is 59.6 Å². The van der Waals surface area contributed by atoms with Crippen LogP contribution in [0.2, 0.25) is 0 Å². The highest BCUT2D eigenvalue weighted by Crippen LogP contribution is 2.30. The number of carbonyl (C=O) groups excluding carboxylic acids is 5. The molecule has 4 aliphatic rings. The quantitative estimate of drug-likeness (QED) is 0.125. The zero-order valence-corrected chi connectivity index (χ0v) is 46.0. The zero-order chi connectivity index (χ0) is 54.5. The Hall–Kier alpha value is -6.12. The number of carbonyl (C=O) groups is 5. The fourth-order valence-corrected chi connectivity index (χ4v) is 8.56. The van der Waals surface area contributed by atoms with Crippen LogP contribution in [0.15, 0.2) is 54.6 Å². The van der Waals surface area contributed by atoms with Crippen molar-refractivity contribution in [3.63, 3.8) is 0 Å². The minimum absolute atomic E-state index is 0.0446. The molecule has 0 atom stereocenters. The molecule has 0 saturated carbocycles. The Morgan fingerprint density at radius 1 is 0.568 bits per heavy atom. The third kappa shape index (κ3) is 18.1. The lowest BCUT2D eigenvalue weighted by atomic mass is 10.2. The van der Waals surface area contributed by atoms with Crippen molar-refractivity contribution in [2.45, 2.75) is 105 Å². The van der Waals surface area contributed by atoms with Crippen LogP contribution in [0.3, 0.4) is 0 Å². The van der Waals surface area contributed by atoms with Crippen LogP contribution in [-0.2, 0) is 23.8 Å². The smallest absolute Gasteiger partial charge is 0.410 e. The van der Waals surface area contributed by atoms with E-state index in [0.29, 0.717) is 132 Å². The lowest BCUT2D eigenvalue weighted by molar-refractivity contribution is -0.117. The summed E-state index contributed by atoms with van der Waals surface area (Å²) in [4.78, 5) is 72.1. The van der Waals surface area contributed by atoms with Crippen LogP contribution in [0.25, 0.3) is 0 Å². The zero-order valence-electron chi connectivity index (χ0n) is 44.4. The van der Waals surface area contributed by atoms with Gasteiger partial charge in [-0.05, 0) is 130 Å². The van der Waals surface area contributed by atoms with Gasteiger partial charge in [-0.3, -0.25) is 9.59 Å². The monoisotopic (exact) mass is 1100 g/mol. The maximum absolute atomic E-state index is 14.6. The molecular weight excluding hydrogens is 1030 g/mol. The number of rotatable bonds is 8. The van der Waals surface area contributed by atoms with E-state index in [2.05, 4.69) is 21.2 Å². The van der Waals surface area contributed by atoms with E-state index < -0.39 is 16.8 Å². The molecule has 3 N–H and O–H groups in total. The molecule has 17 nitrogen and oxygen atoms in total. The molecule has 21 heteroatoms. The molecule has 3 aromatic carbocycles. The molecule has 5 amide bonds. The lowest BCUT2D eigenvalue weighted by Crippen LogP contribution is -2.50. The van der Waals surface area contributed by atoms with E-state index in [9.17, 15) is 37.1 Å². The van der Waals surface area contributed by atoms with Crippen molar-refractivity contribution in [3.8, 4) is 0 Å². The minimum atomic E-state index is -0.533. The summed E-state index contributed by atoms with van der Waals surface area (Å²) in [6, 6.07) is 14.3. The second-order valence-electron chi connectivity index (χ2n) is 21.4. The summed E-state index contributed by atoms with van der Waals surface area (Å²) in [6.45, 7) is 23.4. The molecule has 4 fully saturated rings. The summed E-state index contributed by atoms with van der Waals surface area (Å²) in [5.74, 6) is -1.15. The molecule has 0 aromatic heterocycles. The van der Waals surface area contributed by atoms with Crippen LogP contribution in [-0.4, -0.2) is 152 Å². The van der Waals surface area contributed by atoms with E-state index in [4.69, 9.17) is 19.9 Å². The Balaban J connectivity index is 0.000000207. The van der Waals surface area contributed by atoms with Crippen molar-refractivity contribution in [1.29, 1.82) is 0 Å². The molecule has 0 unspecified atom stereocenters. The second kappa shape index (κ2) is 25.9. The van der Waals surface area contributed by atoms with Crippen molar-refractivity contribution < 1.29 is 51.4 Å². The maximum atomic E-state index is 14.6. The highest BCUT2D eigenvalue weighted by atomic mass is 79.9. The minimum Gasteiger partial charge on any atom is -0.444 e. The van der Waals surface area contributed by atoms with Gasteiger partial charge in [0.1, 0.15) is 34.3 Å². The Morgan fingerprint density at radius 3 is 1.31 bits per heavy atom. The number of alkyl halides is 1. The molecule has 0 aliphatic carbocycles. The van der Waals surface area contributed by atoms with Crippen LogP contribution >= 0.6 is 15.9 Å². The van der Waals surface area contributed by atoms with Crippen LogP contribution in [0, 0.1) is 17.5 Å². The standard InChI is InChI=1S/C19H27BrFN3O3.C19H26FN3O3.C15H22FN3O2/c1-19(2,3)27-18(26)24-11-9-23(10-12-24)16-7-6-14(13-15(16)21)22-17(25)5-4-8-20;1-19(2,3)26-18(25)22-11-9-21(10-12-22)16-7-6-14(13-15(16)20)23-8-4-5-17(23)24;1-15(2,3)21-14(20)19-8-6-18(7-9-19)13-5-4-11(17)10-12(13)16/h6-7,13H,4-5,8-12H2,1-3H3,(H,22,25);6-7,13H,4-5,8-12H2,1-3H3;4-5,10H,6-9,17H2,1-3H3. The number of anilines is 6. The van der Waals surface area contributed by atoms with Crippen molar-refractivity contribution >= 4 is 80.1 Å². The van der Waals surface area contributed by atoms with Crippen LogP contribution in [0.4, 0.5) is 61.7 Å². The first kappa shape index (κ1) is 58.8. The van der Waals surface area contributed by atoms with E-state index in [1.54, 1.807) is 56.0 Å². The van der Waals surface area contributed by atoms with Gasteiger partial charge in [0.15, 0.2) is 0 Å². The highest BCUT2D eigenvalue weighted by Gasteiger charge is 2.31. The molecule has 7 rings (SSSR count). The normalized spacial score (nSPS) is 16.4. The second-order valence-corrected chi connectivity index (χ2v) is 22.2. The SMILES string of the molecule is CC(C)(C)OC(=O)N1CCN(c2ccc(N)cc2F)CC1.CC(C)(C)OC(=O)N1CCN(c2ccc(N3CCCC3=O)cc2F)CC1.CC(C)(C)OC(=O)N1CCN(c2ccc(NC(=O)CCCBr)cc2F)CC1. The molecule has 0 spiro atoms. The predicted molar refractivity (Wildman–Crippen MR) is 287 cm³/mol. The maximum Gasteiger partial charge on any atom is 0.410 e. The number of amides is 5. The van der Waals surface area contributed by atoms with Crippen molar-refractivity contribution in [3.05, 3.63) is 72.0 Å². The van der Waals surface area contributed by atoms with Gasteiger partial charge in [-0.2, -0.15) is 0 Å². The van der Waals surface area contributed by atoms with E-state index in [-0.39, 0.29) is 47.5 Å². The third-order valence-electron chi connectivity index (χ3n) is 11.9. The summed E-state index contributed by atoms with van der Waals surface area (Å²) in [7, 11) is 0. The average molecular weight is 1100 g/mol. The fourth-order valence-electron chi connectivity index (χ4n) is 8.28. The number of nitrogen functional groups attached to an aromatic ring is 1. The first-order valence-electron chi connectivity index (χ1n) is 25.2. The Kier molecular flexibility index (Phi) is 20.6. The molecule has 0 radical (unpaired) electrons. The van der Waals surface area contributed by atoms with E-state index in [0.717, 1.165) is 18.2 Å². The number of halogens is 4. The van der Waals surface area contributed by atoms with Crippen molar-refractivity contribution in [1.82, 2.24) is 14.7 Å². The van der Waals surface area contributed by atoms with Crippen molar-refractivity contribution in [2.24, 2.45) is 0 Å². The van der Waals surface area contributed by atoms with E-state index in [1.165, 1.54) is 18.2 Å². The van der Waals surface area contributed by atoms with Gasteiger partial charge >= 0.3 is 18.3 Å². The van der Waals surface area contributed by atoms with Crippen molar-refractivity contribution in [2.75, 3.05) is 121 Å². The number of hydrogen-bond donors (Lipinski definition) is 2. The molecule has 4 heterocycles. The molecule has 4 aliphatic heterocycles. The molecular formula is C53H75BrF3N9O8. The van der Waals surface area contributed by atoms with E-state index >= 15 is 0 Å². The first-order chi connectivity index (χ1) is 34.7. The van der Waals surface area contributed by atoms with Gasteiger partial charge in [0.25, 0.3) is 0 Å². The van der Waals surface area contributed by atoms with Gasteiger partial charge in [-0.15, -0.1) is 0 Å². The summed E-state index contributed by atoms with van der Waals surface area (Å²) in [5, 5.41) is 3.46. The largest absolute Gasteiger partial charge is 0.444 e. The number of nitrogens with one attached hydrogen (secondary N) is 1. The number of nitrogens with zero attached hydrogens (tertiary/aromatic N) is 7. The molecule has 3 aromatic rings. The summed E-state index contributed by atoms with van der Waals surface area (Å²) in [6.07, 6.45) is 1.46. The van der Waals surface area contributed by atoms with Gasteiger partial charge in [0, 0.05) is 120 Å². The Morgan fingerprint density at radius 2 is 0.959 bits per heavy atom. The molecule has 4 saturated heterocycles. The first-order valence-corrected chi connectivity index (χ1v) is 26.3. The van der Waals surface area contributed by atoms with Gasteiger partial charge in [0.05, 0.1) is 17.1 Å². The van der Waals surface area contributed by atoms with Gasteiger partial charge in [0.2, 0.25) is 11.8 Å². The topological polar surface area (TPSA) is 174 Å².